The summed E-state index contributed by atoms with van der Waals surface area (Å²) in [6.07, 6.45) is 1.78. The molecule has 6 heteroatoms. The van der Waals surface area contributed by atoms with Crippen molar-refractivity contribution in [1.82, 2.24) is 19.7 Å². The first-order chi connectivity index (χ1) is 8.66. The molecule has 0 spiro atoms. The molecular weight excluding hydrogens is 268 g/mol. The Morgan fingerprint density at radius 1 is 1.28 bits per heavy atom. The van der Waals surface area contributed by atoms with Crippen LogP contribution in [-0.4, -0.2) is 19.7 Å². The lowest BCUT2D eigenvalue weighted by atomic mass is 10.2. The van der Waals surface area contributed by atoms with E-state index in [-0.39, 0.29) is 11.3 Å². The van der Waals surface area contributed by atoms with Gasteiger partial charge in [-0.05, 0) is 43.0 Å². The van der Waals surface area contributed by atoms with E-state index in [1.54, 1.807) is 17.5 Å². The van der Waals surface area contributed by atoms with Crippen LogP contribution in [0.5, 0.6) is 0 Å². The standard InChI is InChI=1S/C12H11ClN4S/c1-7(2)17-9(3-5-14-17)10-8-4-6-18-11(8)16-12(13)15-10/h3-7H,1-2H3. The third kappa shape index (κ3) is 1.79. The van der Waals surface area contributed by atoms with Crippen molar-refractivity contribution >= 4 is 33.2 Å². The van der Waals surface area contributed by atoms with Gasteiger partial charge in [0.25, 0.3) is 0 Å². The second-order valence-electron chi connectivity index (χ2n) is 4.24. The molecule has 0 aliphatic heterocycles. The zero-order valence-corrected chi connectivity index (χ0v) is 11.5. The zero-order chi connectivity index (χ0) is 12.7. The Balaban J connectivity index is 2.30. The molecule has 0 saturated carbocycles. The summed E-state index contributed by atoms with van der Waals surface area (Å²) in [5, 5.41) is 7.62. The van der Waals surface area contributed by atoms with Gasteiger partial charge >= 0.3 is 0 Å². The molecular formula is C12H11ClN4S. The molecule has 3 aromatic rings. The lowest BCUT2D eigenvalue weighted by molar-refractivity contribution is 0.538. The van der Waals surface area contributed by atoms with Gasteiger partial charge in [0, 0.05) is 17.6 Å². The number of thiophene rings is 1. The van der Waals surface area contributed by atoms with Crippen molar-refractivity contribution in [3.8, 4) is 11.4 Å². The van der Waals surface area contributed by atoms with Crippen LogP contribution in [0.1, 0.15) is 19.9 Å². The van der Waals surface area contributed by atoms with Crippen molar-refractivity contribution in [2.75, 3.05) is 0 Å². The van der Waals surface area contributed by atoms with Crippen LogP contribution in [0.25, 0.3) is 21.6 Å². The minimum atomic E-state index is 0.274. The summed E-state index contributed by atoms with van der Waals surface area (Å²) in [6.45, 7) is 4.17. The Bertz CT molecular complexity index is 701. The average Bonchev–Trinajstić information content (AvgIpc) is 2.95. The minimum Gasteiger partial charge on any atom is -0.261 e. The summed E-state index contributed by atoms with van der Waals surface area (Å²) in [4.78, 5) is 9.49. The minimum absolute atomic E-state index is 0.274. The van der Waals surface area contributed by atoms with E-state index in [9.17, 15) is 0 Å². The van der Waals surface area contributed by atoms with E-state index in [1.165, 1.54) is 0 Å². The van der Waals surface area contributed by atoms with Crippen LogP contribution in [0, 0.1) is 0 Å². The maximum atomic E-state index is 5.98. The summed E-state index contributed by atoms with van der Waals surface area (Å²) < 4.78 is 1.94. The highest BCUT2D eigenvalue weighted by Gasteiger charge is 2.15. The van der Waals surface area contributed by atoms with Crippen molar-refractivity contribution < 1.29 is 0 Å². The predicted octanol–water partition coefficient (Wildman–Crippen LogP) is 3.79. The zero-order valence-electron chi connectivity index (χ0n) is 9.96. The number of hydrogen-bond acceptors (Lipinski definition) is 4. The van der Waals surface area contributed by atoms with Crippen LogP contribution in [0.4, 0.5) is 0 Å². The molecule has 0 N–H and O–H groups in total. The molecule has 4 nitrogen and oxygen atoms in total. The normalized spacial score (nSPS) is 11.6. The van der Waals surface area contributed by atoms with Crippen LogP contribution in [0.2, 0.25) is 5.28 Å². The molecule has 0 aliphatic carbocycles. The van der Waals surface area contributed by atoms with Gasteiger partial charge in [0.05, 0.1) is 5.69 Å². The van der Waals surface area contributed by atoms with Crippen molar-refractivity contribution in [3.05, 3.63) is 29.0 Å². The van der Waals surface area contributed by atoms with Crippen LogP contribution in [-0.2, 0) is 0 Å². The van der Waals surface area contributed by atoms with Crippen molar-refractivity contribution in [2.24, 2.45) is 0 Å². The van der Waals surface area contributed by atoms with Crippen LogP contribution in [0.15, 0.2) is 23.7 Å². The molecule has 0 atom stereocenters. The van der Waals surface area contributed by atoms with Crippen LogP contribution >= 0.6 is 22.9 Å². The fourth-order valence-corrected chi connectivity index (χ4v) is 2.92. The summed E-state index contributed by atoms with van der Waals surface area (Å²) in [7, 11) is 0. The third-order valence-corrected chi connectivity index (χ3v) is 3.68. The van der Waals surface area contributed by atoms with E-state index in [1.807, 2.05) is 22.2 Å². The van der Waals surface area contributed by atoms with Gasteiger partial charge < -0.3 is 0 Å². The number of rotatable bonds is 2. The largest absolute Gasteiger partial charge is 0.261 e. The van der Waals surface area contributed by atoms with Crippen molar-refractivity contribution in [1.29, 1.82) is 0 Å². The summed E-state index contributed by atoms with van der Waals surface area (Å²) in [5.74, 6) is 0. The van der Waals surface area contributed by atoms with Crippen LogP contribution < -0.4 is 0 Å². The maximum absolute atomic E-state index is 5.98. The SMILES string of the molecule is CC(C)n1nccc1-c1nc(Cl)nc2sccc12. The number of nitrogens with zero attached hydrogens (tertiary/aromatic N) is 4. The molecule has 0 aromatic carbocycles. The quantitative estimate of drug-likeness (QED) is 0.670. The molecule has 0 bridgehead atoms. The van der Waals surface area contributed by atoms with E-state index < -0.39 is 0 Å². The molecule has 0 amide bonds. The smallest absolute Gasteiger partial charge is 0.224 e. The van der Waals surface area contributed by atoms with Gasteiger partial charge in [-0.15, -0.1) is 11.3 Å². The lowest BCUT2D eigenvalue weighted by Gasteiger charge is -2.11. The van der Waals surface area contributed by atoms with Gasteiger partial charge in [0.15, 0.2) is 0 Å². The summed E-state index contributed by atoms with van der Waals surface area (Å²) in [6, 6.07) is 4.25. The highest BCUT2D eigenvalue weighted by atomic mass is 35.5. The first-order valence-corrected chi connectivity index (χ1v) is 6.87. The van der Waals surface area contributed by atoms with E-state index in [2.05, 4.69) is 28.9 Å². The first-order valence-electron chi connectivity index (χ1n) is 5.61. The molecule has 0 aliphatic rings. The molecule has 0 fully saturated rings. The van der Waals surface area contributed by atoms with Crippen molar-refractivity contribution in [2.45, 2.75) is 19.9 Å². The van der Waals surface area contributed by atoms with Crippen LogP contribution in [0.3, 0.4) is 0 Å². The molecule has 18 heavy (non-hydrogen) atoms. The number of halogens is 1. The number of hydrogen-bond donors (Lipinski definition) is 0. The topological polar surface area (TPSA) is 43.6 Å². The molecule has 3 heterocycles. The van der Waals surface area contributed by atoms with Gasteiger partial charge in [-0.2, -0.15) is 5.10 Å². The van der Waals surface area contributed by atoms with E-state index in [4.69, 9.17) is 11.6 Å². The van der Waals surface area contributed by atoms with Gasteiger partial charge in [0.2, 0.25) is 5.28 Å². The monoisotopic (exact) mass is 278 g/mol. The summed E-state index contributed by atoms with van der Waals surface area (Å²) in [5.41, 5.74) is 1.81. The first kappa shape index (κ1) is 11.6. The second-order valence-corrected chi connectivity index (χ2v) is 5.47. The predicted molar refractivity (Wildman–Crippen MR) is 74.0 cm³/mol. The fraction of sp³-hybridized carbons (Fsp3) is 0.250. The highest BCUT2D eigenvalue weighted by molar-refractivity contribution is 7.16. The third-order valence-electron chi connectivity index (χ3n) is 2.70. The molecule has 3 aromatic heterocycles. The lowest BCUT2D eigenvalue weighted by Crippen LogP contribution is -2.05. The highest BCUT2D eigenvalue weighted by Crippen LogP contribution is 2.31. The molecule has 0 radical (unpaired) electrons. The fourth-order valence-electron chi connectivity index (χ4n) is 1.94. The average molecular weight is 279 g/mol. The number of aromatic nitrogens is 4. The Morgan fingerprint density at radius 3 is 2.89 bits per heavy atom. The van der Waals surface area contributed by atoms with Gasteiger partial charge in [-0.3, -0.25) is 4.68 Å². The Labute approximate surface area is 113 Å². The molecule has 0 unspecified atom stereocenters. The Kier molecular flexibility index (Phi) is 2.80. The molecule has 92 valence electrons. The van der Waals surface area contributed by atoms with Gasteiger partial charge in [-0.25, -0.2) is 9.97 Å². The second kappa shape index (κ2) is 4.33. The number of fused-ring (bicyclic) bond motifs is 1. The van der Waals surface area contributed by atoms with E-state index >= 15 is 0 Å². The van der Waals surface area contributed by atoms with E-state index in [0.717, 1.165) is 21.6 Å². The molecule has 3 rings (SSSR count). The molecule has 0 saturated heterocycles. The maximum Gasteiger partial charge on any atom is 0.224 e. The Morgan fingerprint density at radius 2 is 2.11 bits per heavy atom. The van der Waals surface area contributed by atoms with Crippen molar-refractivity contribution in [3.63, 3.8) is 0 Å². The van der Waals surface area contributed by atoms with Gasteiger partial charge in [-0.1, -0.05) is 0 Å². The van der Waals surface area contributed by atoms with E-state index in [0.29, 0.717) is 0 Å². The Hall–Kier alpha value is -1.46. The van der Waals surface area contributed by atoms with Gasteiger partial charge in [0.1, 0.15) is 10.5 Å². The summed E-state index contributed by atoms with van der Waals surface area (Å²) >= 11 is 7.55.